The van der Waals surface area contributed by atoms with E-state index >= 15 is 0 Å². The van der Waals surface area contributed by atoms with Crippen LogP contribution in [0.3, 0.4) is 0 Å². The number of aromatic nitrogens is 2. The van der Waals surface area contributed by atoms with Gasteiger partial charge < -0.3 is 9.88 Å². The minimum Gasteiger partial charge on any atom is -0.370 e. The summed E-state index contributed by atoms with van der Waals surface area (Å²) in [6, 6.07) is 7.91. The number of pyridine rings is 1. The zero-order valence-corrected chi connectivity index (χ0v) is 10.4. The number of benzene rings is 1. The Morgan fingerprint density at radius 2 is 2.16 bits per heavy atom. The monoisotopic (exact) mass is 253 g/mol. The molecule has 0 saturated heterocycles. The number of hydrogen-bond donors (Lipinski definition) is 1. The normalized spacial score (nSPS) is 13.5. The van der Waals surface area contributed by atoms with Gasteiger partial charge in [0.15, 0.2) is 0 Å². The topological polar surface area (TPSA) is 31.9 Å². The molecule has 0 bridgehead atoms. The van der Waals surface area contributed by atoms with Crippen LogP contribution < -0.4 is 4.90 Å². The smallest absolute Gasteiger partial charge is 0.150 e. The molecule has 19 heavy (non-hydrogen) atoms. The van der Waals surface area contributed by atoms with Gasteiger partial charge in [0.2, 0.25) is 0 Å². The van der Waals surface area contributed by atoms with Crippen LogP contribution >= 0.6 is 0 Å². The molecule has 2 aromatic heterocycles. The first-order valence-electron chi connectivity index (χ1n) is 6.20. The SMILES string of the molecule is CN1Cc2c[nH]c3ncc(F)c(c23)-c2ccccc21. The predicted octanol–water partition coefficient (Wildman–Crippen LogP) is 3.32. The predicted molar refractivity (Wildman–Crippen MR) is 73.6 cm³/mol. The molecule has 0 fully saturated rings. The Balaban J connectivity index is 2.21. The highest BCUT2D eigenvalue weighted by atomic mass is 19.1. The summed E-state index contributed by atoms with van der Waals surface area (Å²) in [5.74, 6) is -0.267. The van der Waals surface area contributed by atoms with Crippen LogP contribution in [0.15, 0.2) is 36.7 Å². The highest BCUT2D eigenvalue weighted by Crippen LogP contribution is 2.41. The molecule has 3 heterocycles. The van der Waals surface area contributed by atoms with Gasteiger partial charge in [0, 0.05) is 42.0 Å². The second kappa shape index (κ2) is 3.57. The summed E-state index contributed by atoms with van der Waals surface area (Å²) in [6.45, 7) is 0.745. The van der Waals surface area contributed by atoms with E-state index in [2.05, 4.69) is 14.9 Å². The van der Waals surface area contributed by atoms with Crippen molar-refractivity contribution in [1.29, 1.82) is 0 Å². The van der Waals surface area contributed by atoms with Crippen molar-refractivity contribution in [3.8, 4) is 11.1 Å². The second-order valence-electron chi connectivity index (χ2n) is 4.89. The van der Waals surface area contributed by atoms with E-state index in [9.17, 15) is 4.39 Å². The van der Waals surface area contributed by atoms with E-state index < -0.39 is 0 Å². The largest absolute Gasteiger partial charge is 0.370 e. The van der Waals surface area contributed by atoms with Crippen LogP contribution in [0, 0.1) is 5.82 Å². The highest BCUT2D eigenvalue weighted by Gasteiger charge is 2.23. The fourth-order valence-electron chi connectivity index (χ4n) is 2.88. The van der Waals surface area contributed by atoms with E-state index in [1.165, 1.54) is 6.20 Å². The quantitative estimate of drug-likeness (QED) is 0.666. The number of nitrogens with zero attached hydrogens (tertiary/aromatic N) is 2. The van der Waals surface area contributed by atoms with Gasteiger partial charge in [0.05, 0.1) is 6.20 Å². The van der Waals surface area contributed by atoms with Crippen molar-refractivity contribution in [1.82, 2.24) is 9.97 Å². The molecule has 4 heteroatoms. The number of anilines is 1. The first kappa shape index (κ1) is 10.6. The third-order valence-electron chi connectivity index (χ3n) is 3.73. The number of hydrogen-bond acceptors (Lipinski definition) is 2. The van der Waals surface area contributed by atoms with Crippen molar-refractivity contribution in [3.05, 3.63) is 48.0 Å². The van der Waals surface area contributed by atoms with Crippen LogP contribution in [0.5, 0.6) is 0 Å². The molecule has 3 nitrogen and oxygen atoms in total. The van der Waals surface area contributed by atoms with E-state index in [0.717, 1.165) is 34.4 Å². The Bertz CT molecular complexity index is 791. The average molecular weight is 253 g/mol. The zero-order valence-electron chi connectivity index (χ0n) is 10.4. The van der Waals surface area contributed by atoms with E-state index in [4.69, 9.17) is 0 Å². The van der Waals surface area contributed by atoms with E-state index in [-0.39, 0.29) is 5.82 Å². The molecule has 0 spiro atoms. The first-order chi connectivity index (χ1) is 9.25. The molecule has 3 aromatic rings. The number of fused-ring (bicyclic) bond motifs is 2. The summed E-state index contributed by atoms with van der Waals surface area (Å²) >= 11 is 0. The Morgan fingerprint density at radius 1 is 1.32 bits per heavy atom. The maximum absolute atomic E-state index is 14.3. The first-order valence-corrected chi connectivity index (χ1v) is 6.20. The van der Waals surface area contributed by atoms with Crippen LogP contribution in [-0.4, -0.2) is 17.0 Å². The summed E-state index contributed by atoms with van der Waals surface area (Å²) in [6.07, 6.45) is 3.21. The van der Waals surface area contributed by atoms with Gasteiger partial charge in [-0.3, -0.25) is 0 Å². The average Bonchev–Trinajstić information content (AvgIpc) is 2.76. The number of para-hydroxylation sites is 1. The minimum absolute atomic E-state index is 0.267. The van der Waals surface area contributed by atoms with Crippen LogP contribution in [0.25, 0.3) is 22.2 Å². The zero-order chi connectivity index (χ0) is 13.0. The number of rotatable bonds is 0. The van der Waals surface area contributed by atoms with Gasteiger partial charge >= 0.3 is 0 Å². The van der Waals surface area contributed by atoms with Crippen LogP contribution in [0.4, 0.5) is 10.1 Å². The van der Waals surface area contributed by atoms with Crippen molar-refractivity contribution in [2.45, 2.75) is 6.54 Å². The molecule has 1 aliphatic heterocycles. The molecule has 1 aliphatic rings. The molecule has 1 N–H and O–H groups in total. The fourth-order valence-corrected chi connectivity index (χ4v) is 2.88. The lowest BCUT2D eigenvalue weighted by Crippen LogP contribution is -2.15. The molecule has 0 radical (unpaired) electrons. The van der Waals surface area contributed by atoms with E-state index in [0.29, 0.717) is 5.56 Å². The standard InChI is InChI=1S/C15H12FN3/c1-19-8-9-6-17-15-13(9)14(11(16)7-18-15)10-4-2-3-5-12(10)19/h2-7H,8H2,1H3,(H,17,18). The molecule has 0 saturated carbocycles. The molecular weight excluding hydrogens is 241 g/mol. The molecular formula is C15H12FN3. The maximum atomic E-state index is 14.3. The third-order valence-corrected chi connectivity index (χ3v) is 3.73. The van der Waals surface area contributed by atoms with E-state index in [1.807, 2.05) is 37.5 Å². The Labute approximate surface area is 109 Å². The lowest BCUT2D eigenvalue weighted by Gasteiger charge is -2.19. The van der Waals surface area contributed by atoms with Gasteiger partial charge in [-0.2, -0.15) is 0 Å². The lowest BCUT2D eigenvalue weighted by molar-refractivity contribution is 0.627. The highest BCUT2D eigenvalue weighted by molar-refractivity contribution is 6.00. The van der Waals surface area contributed by atoms with Crippen LogP contribution in [0.1, 0.15) is 5.56 Å². The van der Waals surface area contributed by atoms with Gasteiger partial charge in [-0.05, 0) is 11.6 Å². The van der Waals surface area contributed by atoms with Gasteiger partial charge in [-0.15, -0.1) is 0 Å². The lowest BCUT2D eigenvalue weighted by atomic mass is 10.0. The Kier molecular flexibility index (Phi) is 1.98. The fraction of sp³-hybridized carbons (Fsp3) is 0.133. The summed E-state index contributed by atoms with van der Waals surface area (Å²) in [5.41, 5.74) is 4.45. The van der Waals surface area contributed by atoms with Gasteiger partial charge in [-0.25, -0.2) is 9.37 Å². The van der Waals surface area contributed by atoms with Crippen LogP contribution in [-0.2, 0) is 6.54 Å². The summed E-state index contributed by atoms with van der Waals surface area (Å²) in [4.78, 5) is 9.39. The number of nitrogens with one attached hydrogen (secondary N) is 1. The molecule has 94 valence electrons. The molecule has 0 unspecified atom stereocenters. The molecule has 1 aromatic carbocycles. The molecule has 4 rings (SSSR count). The minimum atomic E-state index is -0.267. The van der Waals surface area contributed by atoms with Crippen molar-refractivity contribution >= 4 is 16.7 Å². The van der Waals surface area contributed by atoms with Crippen molar-refractivity contribution in [2.75, 3.05) is 11.9 Å². The number of aromatic amines is 1. The molecule has 0 amide bonds. The summed E-state index contributed by atoms with van der Waals surface area (Å²) in [5, 5.41) is 0.900. The summed E-state index contributed by atoms with van der Waals surface area (Å²) in [7, 11) is 2.02. The molecule has 0 aliphatic carbocycles. The maximum Gasteiger partial charge on any atom is 0.150 e. The summed E-state index contributed by atoms with van der Waals surface area (Å²) < 4.78 is 14.3. The van der Waals surface area contributed by atoms with Gasteiger partial charge in [0.25, 0.3) is 0 Å². The Hall–Kier alpha value is -2.36. The van der Waals surface area contributed by atoms with Crippen molar-refractivity contribution in [2.24, 2.45) is 0 Å². The van der Waals surface area contributed by atoms with Crippen LogP contribution in [0.2, 0.25) is 0 Å². The molecule has 0 atom stereocenters. The Morgan fingerprint density at radius 3 is 3.05 bits per heavy atom. The van der Waals surface area contributed by atoms with Crippen molar-refractivity contribution < 1.29 is 4.39 Å². The third kappa shape index (κ3) is 1.34. The van der Waals surface area contributed by atoms with Gasteiger partial charge in [0.1, 0.15) is 11.5 Å². The second-order valence-corrected chi connectivity index (χ2v) is 4.89. The van der Waals surface area contributed by atoms with E-state index in [1.54, 1.807) is 0 Å². The van der Waals surface area contributed by atoms with Crippen molar-refractivity contribution in [3.63, 3.8) is 0 Å². The van der Waals surface area contributed by atoms with Gasteiger partial charge in [-0.1, -0.05) is 18.2 Å². The number of halogens is 1. The number of H-pyrrole nitrogens is 1.